The van der Waals surface area contributed by atoms with Crippen molar-refractivity contribution in [3.05, 3.63) is 58.5 Å². The van der Waals surface area contributed by atoms with Crippen LogP contribution in [0.15, 0.2) is 47.9 Å². The van der Waals surface area contributed by atoms with E-state index in [9.17, 15) is 9.90 Å². The summed E-state index contributed by atoms with van der Waals surface area (Å²) in [6.45, 7) is 5.88. The van der Waals surface area contributed by atoms with Crippen molar-refractivity contribution >= 4 is 17.7 Å². The molecule has 5 nitrogen and oxygen atoms in total. The molecule has 0 saturated heterocycles. The summed E-state index contributed by atoms with van der Waals surface area (Å²) in [4.78, 5) is 12.0. The van der Waals surface area contributed by atoms with Gasteiger partial charge in [0, 0.05) is 22.6 Å². The predicted molar refractivity (Wildman–Crippen MR) is 104 cm³/mol. The van der Waals surface area contributed by atoms with E-state index in [0.717, 1.165) is 0 Å². The van der Waals surface area contributed by atoms with Crippen molar-refractivity contribution < 1.29 is 19.4 Å². The van der Waals surface area contributed by atoms with Crippen molar-refractivity contribution in [1.82, 2.24) is 0 Å². The van der Waals surface area contributed by atoms with E-state index in [4.69, 9.17) is 26.8 Å². The van der Waals surface area contributed by atoms with Gasteiger partial charge in [-0.25, -0.2) is 4.79 Å². The lowest BCUT2D eigenvalue weighted by Gasteiger charge is -2.53. The second-order valence-electron chi connectivity index (χ2n) is 8.18. The Morgan fingerprint density at radius 3 is 2.56 bits per heavy atom. The summed E-state index contributed by atoms with van der Waals surface area (Å²) >= 11 is 6.52. The van der Waals surface area contributed by atoms with Gasteiger partial charge >= 0.3 is 6.09 Å². The second kappa shape index (κ2) is 6.88. The Labute approximate surface area is 164 Å². The zero-order valence-corrected chi connectivity index (χ0v) is 16.7. The van der Waals surface area contributed by atoms with Crippen molar-refractivity contribution in [2.24, 2.45) is 11.1 Å². The number of primary amides is 1. The van der Waals surface area contributed by atoms with Crippen molar-refractivity contribution in [3.8, 4) is 0 Å². The molecule has 2 unspecified atom stereocenters. The van der Waals surface area contributed by atoms with Crippen LogP contribution in [0, 0.1) is 5.41 Å². The predicted octanol–water partition coefficient (Wildman–Crippen LogP) is 4.78. The van der Waals surface area contributed by atoms with E-state index in [1.54, 1.807) is 12.3 Å². The van der Waals surface area contributed by atoms with Crippen molar-refractivity contribution in [2.75, 3.05) is 0 Å². The van der Waals surface area contributed by atoms with Crippen LogP contribution in [0.25, 0.3) is 0 Å². The second-order valence-corrected chi connectivity index (χ2v) is 8.59. The molecule has 27 heavy (non-hydrogen) atoms. The Kier molecular flexibility index (Phi) is 5.04. The highest BCUT2D eigenvalue weighted by molar-refractivity contribution is 6.31. The minimum atomic E-state index is -1.29. The molecule has 1 aromatic rings. The Balaban J connectivity index is 2.35. The quantitative estimate of drug-likeness (QED) is 0.760. The molecule has 0 radical (unpaired) electrons. The number of hydrogen-bond donors (Lipinski definition) is 2. The highest BCUT2D eigenvalue weighted by Crippen LogP contribution is 2.57. The van der Waals surface area contributed by atoms with E-state index in [1.165, 1.54) is 0 Å². The van der Waals surface area contributed by atoms with Gasteiger partial charge in [0.05, 0.1) is 11.9 Å². The number of carbonyl (C=O) groups is 1. The summed E-state index contributed by atoms with van der Waals surface area (Å²) < 4.78 is 11.5. The zero-order chi connectivity index (χ0) is 19.9. The number of allylic oxidation sites excluding steroid dienone is 1. The molecular formula is C21H26ClNO4. The molecule has 146 valence electrons. The molecule has 0 spiro atoms. The zero-order valence-electron chi connectivity index (χ0n) is 15.9. The van der Waals surface area contributed by atoms with E-state index in [0.29, 0.717) is 47.6 Å². The van der Waals surface area contributed by atoms with Gasteiger partial charge in [-0.05, 0) is 36.8 Å². The van der Waals surface area contributed by atoms with E-state index >= 15 is 0 Å². The molecule has 2 aliphatic rings. The number of halogens is 1. The number of amides is 1. The minimum Gasteiger partial charge on any atom is -0.469 e. The Morgan fingerprint density at radius 1 is 1.30 bits per heavy atom. The highest BCUT2D eigenvalue weighted by atomic mass is 35.5. The van der Waals surface area contributed by atoms with Crippen LogP contribution in [0.4, 0.5) is 4.79 Å². The first-order valence-corrected chi connectivity index (χ1v) is 9.51. The average molecular weight is 392 g/mol. The van der Waals surface area contributed by atoms with Crippen LogP contribution in [0.2, 0.25) is 5.02 Å². The number of hydrogen-bond acceptors (Lipinski definition) is 4. The number of ether oxygens (including phenoxy) is 2. The smallest absolute Gasteiger partial charge is 0.405 e. The molecule has 1 aromatic carbocycles. The summed E-state index contributed by atoms with van der Waals surface area (Å²) in [5, 5.41) is 12.3. The first-order valence-electron chi connectivity index (χ1n) is 9.13. The number of aliphatic hydroxyl groups is 1. The van der Waals surface area contributed by atoms with Crippen LogP contribution >= 0.6 is 11.6 Å². The normalized spacial score (nSPS) is 30.9. The molecule has 2 atom stereocenters. The van der Waals surface area contributed by atoms with Crippen LogP contribution in [0.5, 0.6) is 0 Å². The topological polar surface area (TPSA) is 81.8 Å². The van der Waals surface area contributed by atoms with Gasteiger partial charge in [-0.15, -0.1) is 0 Å². The van der Waals surface area contributed by atoms with Gasteiger partial charge < -0.3 is 20.3 Å². The fraction of sp³-hybridized carbons (Fsp3) is 0.476. The average Bonchev–Trinajstić information content (AvgIpc) is 3.07. The maximum Gasteiger partial charge on any atom is 0.405 e. The van der Waals surface area contributed by atoms with Crippen LogP contribution in [-0.4, -0.2) is 16.8 Å². The van der Waals surface area contributed by atoms with Crippen molar-refractivity contribution in [2.45, 2.75) is 57.7 Å². The van der Waals surface area contributed by atoms with Crippen LogP contribution in [0.1, 0.15) is 52.0 Å². The number of rotatable bonds is 2. The number of benzene rings is 1. The van der Waals surface area contributed by atoms with Crippen molar-refractivity contribution in [3.63, 3.8) is 0 Å². The Bertz CT molecular complexity index is 801. The molecule has 1 amide bonds. The standard InChI is InChI=1S/C21H26ClNO4/c1-19(2,3)21(25)12-7-11-20(27-18(23)24,14-8-4-5-9-15(14)22)17(21)16-10-6-13-26-16/h4-6,8-9,13,25H,7,10-12H2,1-3H3,(H2,23,24). The van der Waals surface area contributed by atoms with Gasteiger partial charge in [-0.3, -0.25) is 0 Å². The van der Waals surface area contributed by atoms with Gasteiger partial charge in [-0.1, -0.05) is 50.6 Å². The van der Waals surface area contributed by atoms with E-state index < -0.39 is 22.7 Å². The van der Waals surface area contributed by atoms with Crippen LogP contribution in [0.3, 0.4) is 0 Å². The largest absolute Gasteiger partial charge is 0.469 e. The first kappa shape index (κ1) is 19.8. The number of carbonyl (C=O) groups excluding carboxylic acids is 1. The van der Waals surface area contributed by atoms with Gasteiger partial charge in [-0.2, -0.15) is 0 Å². The van der Waals surface area contributed by atoms with E-state index in [1.807, 2.05) is 45.0 Å². The summed E-state index contributed by atoms with van der Waals surface area (Å²) in [7, 11) is 0. The highest BCUT2D eigenvalue weighted by Gasteiger charge is 2.59. The number of nitrogens with two attached hydrogens (primary N) is 1. The fourth-order valence-corrected chi connectivity index (χ4v) is 4.55. The van der Waals surface area contributed by atoms with E-state index in [2.05, 4.69) is 0 Å². The third kappa shape index (κ3) is 3.23. The monoisotopic (exact) mass is 391 g/mol. The Morgan fingerprint density at radius 2 is 2.00 bits per heavy atom. The van der Waals surface area contributed by atoms with E-state index in [-0.39, 0.29) is 0 Å². The lowest BCUT2D eigenvalue weighted by atomic mass is 9.58. The first-order chi connectivity index (χ1) is 12.6. The maximum absolute atomic E-state index is 12.0. The molecule has 0 aromatic heterocycles. The van der Waals surface area contributed by atoms with Gasteiger partial charge in [0.2, 0.25) is 0 Å². The van der Waals surface area contributed by atoms with Crippen LogP contribution in [-0.2, 0) is 15.1 Å². The third-order valence-electron chi connectivity index (χ3n) is 5.60. The molecule has 1 aliphatic carbocycles. The molecule has 1 fully saturated rings. The van der Waals surface area contributed by atoms with Crippen molar-refractivity contribution in [1.29, 1.82) is 0 Å². The van der Waals surface area contributed by atoms with Gasteiger partial charge in [0.25, 0.3) is 0 Å². The maximum atomic E-state index is 12.0. The lowest BCUT2D eigenvalue weighted by Crippen LogP contribution is -2.56. The molecule has 3 rings (SSSR count). The third-order valence-corrected chi connectivity index (χ3v) is 5.93. The van der Waals surface area contributed by atoms with Crippen LogP contribution < -0.4 is 5.73 Å². The summed E-state index contributed by atoms with van der Waals surface area (Å²) in [6.07, 6.45) is 4.65. The summed E-state index contributed by atoms with van der Waals surface area (Å²) in [6, 6.07) is 7.18. The molecule has 1 aliphatic heterocycles. The lowest BCUT2D eigenvalue weighted by molar-refractivity contribution is -0.102. The minimum absolute atomic E-state index is 0.445. The molecule has 1 heterocycles. The molecule has 6 heteroatoms. The molecular weight excluding hydrogens is 366 g/mol. The summed E-state index contributed by atoms with van der Waals surface area (Å²) in [5.41, 5.74) is 3.54. The molecule has 0 bridgehead atoms. The SMILES string of the molecule is CC(C)(C)C1(O)CCCC(OC(N)=O)(c2ccccc2Cl)C1=C1CC=CO1. The van der Waals surface area contributed by atoms with Gasteiger partial charge in [0.1, 0.15) is 5.76 Å². The molecule has 1 saturated carbocycles. The fourth-order valence-electron chi connectivity index (χ4n) is 4.26. The molecule has 3 N–H and O–H groups in total. The Hall–Kier alpha value is -1.98. The van der Waals surface area contributed by atoms with Gasteiger partial charge in [0.15, 0.2) is 5.60 Å². The summed E-state index contributed by atoms with van der Waals surface area (Å²) in [5.74, 6) is 0.577.